The normalized spacial score (nSPS) is 13.3. The molecule has 2 aromatic carbocycles. The minimum atomic E-state index is -0.205. The van der Waals surface area contributed by atoms with Crippen LogP contribution in [0.1, 0.15) is 13.3 Å². The van der Waals surface area contributed by atoms with E-state index in [0.717, 1.165) is 37.7 Å². The molecule has 0 saturated carbocycles. The number of benzene rings is 2. The van der Waals surface area contributed by atoms with Crippen LogP contribution < -0.4 is 19.9 Å². The first kappa shape index (κ1) is 26.0. The summed E-state index contributed by atoms with van der Waals surface area (Å²) in [5.41, 5.74) is 2.49. The second-order valence-corrected chi connectivity index (χ2v) is 8.25. The molecule has 0 spiro atoms. The van der Waals surface area contributed by atoms with Crippen molar-refractivity contribution in [1.29, 1.82) is 5.26 Å². The number of nitrogens with one attached hydrogen (secondary N) is 1. The number of carbonyl (C=O) groups is 2. The van der Waals surface area contributed by atoms with Crippen molar-refractivity contribution in [2.75, 3.05) is 74.7 Å². The van der Waals surface area contributed by atoms with E-state index in [4.69, 9.17) is 14.7 Å². The van der Waals surface area contributed by atoms with Crippen LogP contribution in [0.4, 0.5) is 17.1 Å². The van der Waals surface area contributed by atoms with Crippen molar-refractivity contribution >= 4 is 28.9 Å². The van der Waals surface area contributed by atoms with Crippen molar-refractivity contribution in [2.45, 2.75) is 13.3 Å². The fraction of sp³-hybridized carbons (Fsp3) is 0.423. The molecule has 186 valence electrons. The molecule has 1 heterocycles. The summed E-state index contributed by atoms with van der Waals surface area (Å²) in [6.07, 6.45) is 0.212. The molecule has 1 N–H and O–H groups in total. The molecule has 9 nitrogen and oxygen atoms in total. The van der Waals surface area contributed by atoms with E-state index in [-0.39, 0.29) is 37.9 Å². The highest BCUT2D eigenvalue weighted by Crippen LogP contribution is 2.21. The van der Waals surface area contributed by atoms with Crippen molar-refractivity contribution < 1.29 is 19.1 Å². The Labute approximate surface area is 206 Å². The third-order valence-corrected chi connectivity index (χ3v) is 5.55. The Hall–Kier alpha value is -3.61. The van der Waals surface area contributed by atoms with Gasteiger partial charge in [0.1, 0.15) is 5.75 Å². The Bertz CT molecular complexity index is 998. The van der Waals surface area contributed by atoms with Crippen molar-refractivity contribution in [3.63, 3.8) is 0 Å². The molecule has 0 aromatic heterocycles. The third-order valence-electron chi connectivity index (χ3n) is 5.55. The van der Waals surface area contributed by atoms with Gasteiger partial charge >= 0.3 is 0 Å². The van der Waals surface area contributed by atoms with Crippen molar-refractivity contribution in [2.24, 2.45) is 0 Å². The van der Waals surface area contributed by atoms with Gasteiger partial charge in [0.15, 0.2) is 0 Å². The number of amides is 2. The molecule has 9 heteroatoms. The molecule has 0 bridgehead atoms. The lowest BCUT2D eigenvalue weighted by Crippen LogP contribution is -2.42. The molecule has 0 unspecified atom stereocenters. The Morgan fingerprint density at radius 2 is 1.77 bits per heavy atom. The number of ether oxygens (including phenoxy) is 2. The maximum Gasteiger partial charge on any atom is 0.241 e. The number of nitrogens with zero attached hydrogens (tertiary/aromatic N) is 4. The monoisotopic (exact) mass is 479 g/mol. The van der Waals surface area contributed by atoms with Gasteiger partial charge in [-0.05, 0) is 62.5 Å². The van der Waals surface area contributed by atoms with E-state index in [0.29, 0.717) is 18.0 Å². The molecule has 0 atom stereocenters. The number of morpholine rings is 1. The van der Waals surface area contributed by atoms with Gasteiger partial charge in [0, 0.05) is 36.7 Å². The first-order valence-corrected chi connectivity index (χ1v) is 11.8. The molecular formula is C26H33N5O4. The molecule has 1 aliphatic heterocycles. The summed E-state index contributed by atoms with van der Waals surface area (Å²) >= 11 is 0. The van der Waals surface area contributed by atoms with Gasteiger partial charge < -0.3 is 24.6 Å². The quantitative estimate of drug-likeness (QED) is 0.529. The predicted octanol–water partition coefficient (Wildman–Crippen LogP) is 2.74. The Morgan fingerprint density at radius 1 is 1.09 bits per heavy atom. The van der Waals surface area contributed by atoms with E-state index in [1.165, 1.54) is 0 Å². The number of nitriles is 1. The molecule has 1 fully saturated rings. The average Bonchev–Trinajstić information content (AvgIpc) is 2.86. The Kier molecular flexibility index (Phi) is 9.90. The zero-order valence-electron chi connectivity index (χ0n) is 20.4. The topological polar surface area (TPSA) is 98.1 Å². The summed E-state index contributed by atoms with van der Waals surface area (Å²) < 4.78 is 10.8. The summed E-state index contributed by atoms with van der Waals surface area (Å²) in [7, 11) is 1.72. The zero-order valence-corrected chi connectivity index (χ0v) is 20.4. The minimum Gasteiger partial charge on any atom is -0.494 e. The van der Waals surface area contributed by atoms with Crippen LogP contribution in [-0.4, -0.2) is 76.3 Å². The lowest BCUT2D eigenvalue weighted by molar-refractivity contribution is -0.121. The van der Waals surface area contributed by atoms with Crippen LogP contribution in [0.3, 0.4) is 0 Å². The van der Waals surface area contributed by atoms with E-state index in [1.807, 2.05) is 31.2 Å². The molecule has 0 aliphatic carbocycles. The first-order valence-electron chi connectivity index (χ1n) is 11.8. The van der Waals surface area contributed by atoms with Crippen LogP contribution in [0.2, 0.25) is 0 Å². The number of anilines is 3. The minimum absolute atomic E-state index is 0.0437. The van der Waals surface area contributed by atoms with Crippen LogP contribution >= 0.6 is 0 Å². The number of hydrogen-bond acceptors (Lipinski definition) is 7. The molecule has 0 radical (unpaired) electrons. The van der Waals surface area contributed by atoms with Crippen LogP contribution in [-0.2, 0) is 14.3 Å². The van der Waals surface area contributed by atoms with Crippen LogP contribution in [0.15, 0.2) is 48.5 Å². The summed E-state index contributed by atoms with van der Waals surface area (Å²) in [6.45, 7) is 5.99. The van der Waals surface area contributed by atoms with Crippen LogP contribution in [0, 0.1) is 11.3 Å². The van der Waals surface area contributed by atoms with Gasteiger partial charge in [-0.25, -0.2) is 0 Å². The van der Waals surface area contributed by atoms with Gasteiger partial charge in [-0.15, -0.1) is 0 Å². The van der Waals surface area contributed by atoms with Gasteiger partial charge in [-0.1, -0.05) is 0 Å². The van der Waals surface area contributed by atoms with Crippen LogP contribution in [0.25, 0.3) is 0 Å². The number of carbonyl (C=O) groups excluding carboxylic acids is 2. The van der Waals surface area contributed by atoms with Gasteiger partial charge in [0.05, 0.1) is 45.4 Å². The summed E-state index contributed by atoms with van der Waals surface area (Å²) in [6, 6.07) is 17.0. The summed E-state index contributed by atoms with van der Waals surface area (Å²) in [4.78, 5) is 31.0. The average molecular weight is 480 g/mol. The molecule has 2 aromatic rings. The summed E-state index contributed by atoms with van der Waals surface area (Å²) in [5.74, 6) is 0.328. The van der Waals surface area contributed by atoms with Gasteiger partial charge in [0.2, 0.25) is 11.8 Å². The van der Waals surface area contributed by atoms with E-state index >= 15 is 0 Å². The lowest BCUT2D eigenvalue weighted by atomic mass is 10.2. The fourth-order valence-corrected chi connectivity index (χ4v) is 3.84. The fourth-order valence-electron chi connectivity index (χ4n) is 3.84. The number of hydrogen-bond donors (Lipinski definition) is 1. The number of rotatable bonds is 11. The van der Waals surface area contributed by atoms with E-state index < -0.39 is 0 Å². The third kappa shape index (κ3) is 7.98. The summed E-state index contributed by atoms with van der Waals surface area (Å²) in [5, 5.41) is 11.9. The van der Waals surface area contributed by atoms with Crippen molar-refractivity contribution in [3.8, 4) is 11.8 Å². The molecule has 1 saturated heterocycles. The molecule has 2 amide bonds. The maximum absolute atomic E-state index is 13.0. The second kappa shape index (κ2) is 13.3. The highest BCUT2D eigenvalue weighted by atomic mass is 16.5. The largest absolute Gasteiger partial charge is 0.494 e. The standard InChI is InChI=1S/C26H33N5O4/c1-3-35-24-11-9-23(10-12-24)31(14-4-13-27)26(33)20-29(2)19-25(32)28-21-5-7-22(8-6-21)30-15-17-34-18-16-30/h5-12H,3-4,14-20H2,1-2H3,(H,28,32). The van der Waals surface area contributed by atoms with E-state index in [1.54, 1.807) is 41.1 Å². The molecule has 3 rings (SSSR count). The predicted molar refractivity (Wildman–Crippen MR) is 136 cm³/mol. The Balaban J connectivity index is 1.53. The van der Waals surface area contributed by atoms with E-state index in [2.05, 4.69) is 16.3 Å². The smallest absolute Gasteiger partial charge is 0.241 e. The molecule has 1 aliphatic rings. The highest BCUT2D eigenvalue weighted by molar-refractivity contribution is 5.96. The maximum atomic E-state index is 13.0. The second-order valence-electron chi connectivity index (χ2n) is 8.25. The van der Waals surface area contributed by atoms with Crippen molar-refractivity contribution in [3.05, 3.63) is 48.5 Å². The SMILES string of the molecule is CCOc1ccc(N(CCC#N)C(=O)CN(C)CC(=O)Nc2ccc(N3CCOCC3)cc2)cc1. The molecular weight excluding hydrogens is 446 g/mol. The van der Waals surface area contributed by atoms with Gasteiger partial charge in [-0.3, -0.25) is 14.5 Å². The van der Waals surface area contributed by atoms with E-state index in [9.17, 15) is 9.59 Å². The zero-order chi connectivity index (χ0) is 25.0. The number of likely N-dealkylation sites (N-methyl/N-ethyl adjacent to an activating group) is 1. The molecule has 35 heavy (non-hydrogen) atoms. The van der Waals surface area contributed by atoms with Gasteiger partial charge in [0.25, 0.3) is 0 Å². The lowest BCUT2D eigenvalue weighted by Gasteiger charge is -2.29. The highest BCUT2D eigenvalue weighted by Gasteiger charge is 2.19. The van der Waals surface area contributed by atoms with Crippen LogP contribution in [0.5, 0.6) is 5.75 Å². The van der Waals surface area contributed by atoms with Crippen molar-refractivity contribution in [1.82, 2.24) is 4.90 Å². The Morgan fingerprint density at radius 3 is 2.40 bits per heavy atom. The van der Waals surface area contributed by atoms with Gasteiger partial charge in [-0.2, -0.15) is 5.26 Å². The first-order chi connectivity index (χ1) is 17.0.